The topological polar surface area (TPSA) is 131 Å². The summed E-state index contributed by atoms with van der Waals surface area (Å²) in [7, 11) is 0. The second kappa shape index (κ2) is 5.04. The zero-order valence-corrected chi connectivity index (χ0v) is 9.92. The summed E-state index contributed by atoms with van der Waals surface area (Å²) < 4.78 is 5.11. The summed E-state index contributed by atoms with van der Waals surface area (Å²) in [4.78, 5) is 0. The standard InChI is InChI=1S/C12H16O7/c13-5-8-9(15)10(16)11(17)12(18,19-8)6-1-3-7(14)4-2-6/h1-4,8-11,13-18H,5H2/t8-,9-,10+,11-,12+/m1/s1. The Hall–Kier alpha value is -1.22. The maximum absolute atomic E-state index is 10.4. The maximum atomic E-state index is 10.4. The van der Waals surface area contributed by atoms with Crippen molar-refractivity contribution in [1.82, 2.24) is 0 Å². The minimum atomic E-state index is -2.28. The highest BCUT2D eigenvalue weighted by molar-refractivity contribution is 5.30. The molecular formula is C12H16O7. The first kappa shape index (κ1) is 14.2. The molecule has 6 N–H and O–H groups in total. The van der Waals surface area contributed by atoms with Gasteiger partial charge in [-0.25, -0.2) is 0 Å². The van der Waals surface area contributed by atoms with Gasteiger partial charge in [-0.1, -0.05) is 0 Å². The van der Waals surface area contributed by atoms with E-state index in [0.717, 1.165) is 0 Å². The lowest BCUT2D eigenvalue weighted by Gasteiger charge is -2.45. The van der Waals surface area contributed by atoms with Gasteiger partial charge in [0.05, 0.1) is 6.61 Å². The van der Waals surface area contributed by atoms with E-state index in [4.69, 9.17) is 9.84 Å². The van der Waals surface area contributed by atoms with Crippen LogP contribution in [-0.4, -0.2) is 61.7 Å². The van der Waals surface area contributed by atoms with E-state index in [1.807, 2.05) is 0 Å². The van der Waals surface area contributed by atoms with Crippen molar-refractivity contribution in [1.29, 1.82) is 0 Å². The molecule has 0 spiro atoms. The van der Waals surface area contributed by atoms with Crippen molar-refractivity contribution < 1.29 is 35.4 Å². The molecule has 7 heteroatoms. The molecule has 2 rings (SSSR count). The van der Waals surface area contributed by atoms with Crippen molar-refractivity contribution in [3.8, 4) is 5.75 Å². The van der Waals surface area contributed by atoms with E-state index in [1.54, 1.807) is 0 Å². The summed E-state index contributed by atoms with van der Waals surface area (Å²) in [6.07, 6.45) is -6.23. The smallest absolute Gasteiger partial charge is 0.222 e. The highest BCUT2D eigenvalue weighted by Gasteiger charge is 2.53. The number of phenols is 1. The predicted octanol–water partition coefficient (Wildman–Crippen LogP) is -1.99. The molecule has 0 radical (unpaired) electrons. The molecule has 1 aromatic carbocycles. The largest absolute Gasteiger partial charge is 0.508 e. The Labute approximate surface area is 108 Å². The first-order chi connectivity index (χ1) is 8.90. The quantitative estimate of drug-likeness (QED) is 0.367. The monoisotopic (exact) mass is 272 g/mol. The first-order valence-corrected chi connectivity index (χ1v) is 5.75. The van der Waals surface area contributed by atoms with Crippen molar-refractivity contribution in [2.75, 3.05) is 6.61 Å². The van der Waals surface area contributed by atoms with E-state index >= 15 is 0 Å². The molecule has 1 heterocycles. The van der Waals surface area contributed by atoms with Gasteiger partial charge in [0.25, 0.3) is 0 Å². The third kappa shape index (κ3) is 2.32. The Bertz CT molecular complexity index is 432. The Morgan fingerprint density at radius 1 is 1.05 bits per heavy atom. The van der Waals surface area contributed by atoms with E-state index in [1.165, 1.54) is 24.3 Å². The van der Waals surface area contributed by atoms with Gasteiger partial charge < -0.3 is 35.4 Å². The predicted molar refractivity (Wildman–Crippen MR) is 62.0 cm³/mol. The molecule has 19 heavy (non-hydrogen) atoms. The lowest BCUT2D eigenvalue weighted by Crippen LogP contribution is -2.63. The average Bonchev–Trinajstić information content (AvgIpc) is 2.41. The molecule has 1 saturated heterocycles. The highest BCUT2D eigenvalue weighted by Crippen LogP contribution is 2.36. The van der Waals surface area contributed by atoms with Crippen LogP contribution in [-0.2, 0) is 10.5 Å². The van der Waals surface area contributed by atoms with Gasteiger partial charge >= 0.3 is 0 Å². The minimum absolute atomic E-state index is 0.0445. The fourth-order valence-electron chi connectivity index (χ4n) is 2.09. The van der Waals surface area contributed by atoms with Crippen LogP contribution in [0.15, 0.2) is 24.3 Å². The normalized spacial score (nSPS) is 39.2. The van der Waals surface area contributed by atoms with Crippen molar-refractivity contribution in [2.45, 2.75) is 30.2 Å². The number of rotatable bonds is 2. The van der Waals surface area contributed by atoms with Gasteiger partial charge in [0.2, 0.25) is 5.79 Å². The second-order valence-corrected chi connectivity index (χ2v) is 4.51. The summed E-state index contributed by atoms with van der Waals surface area (Å²) in [5.74, 6) is -2.32. The molecule has 0 amide bonds. The minimum Gasteiger partial charge on any atom is -0.508 e. The summed E-state index contributed by atoms with van der Waals surface area (Å²) in [5.41, 5.74) is 0.0854. The third-order valence-corrected chi connectivity index (χ3v) is 3.25. The third-order valence-electron chi connectivity index (χ3n) is 3.25. The number of hydrogen-bond acceptors (Lipinski definition) is 7. The average molecular weight is 272 g/mol. The molecule has 7 nitrogen and oxygen atoms in total. The van der Waals surface area contributed by atoms with Gasteiger partial charge in [-0.3, -0.25) is 0 Å². The number of hydrogen-bond donors (Lipinski definition) is 6. The number of aliphatic hydroxyl groups is 5. The van der Waals surface area contributed by atoms with Crippen LogP contribution in [0.25, 0.3) is 0 Å². The van der Waals surface area contributed by atoms with Crippen molar-refractivity contribution in [3.05, 3.63) is 29.8 Å². The van der Waals surface area contributed by atoms with Crippen LogP contribution in [0.4, 0.5) is 0 Å². The van der Waals surface area contributed by atoms with E-state index in [-0.39, 0.29) is 11.3 Å². The molecule has 1 aliphatic heterocycles. The van der Waals surface area contributed by atoms with Crippen molar-refractivity contribution in [2.24, 2.45) is 0 Å². The van der Waals surface area contributed by atoms with Gasteiger partial charge in [0.15, 0.2) is 0 Å². The van der Waals surface area contributed by atoms with Crippen molar-refractivity contribution >= 4 is 0 Å². The molecular weight excluding hydrogens is 256 g/mol. The molecule has 0 saturated carbocycles. The van der Waals surface area contributed by atoms with Gasteiger partial charge in [0, 0.05) is 5.56 Å². The molecule has 1 aromatic rings. The Morgan fingerprint density at radius 3 is 2.16 bits per heavy atom. The van der Waals surface area contributed by atoms with Crippen LogP contribution in [0, 0.1) is 0 Å². The summed E-state index contributed by atoms with van der Waals surface area (Å²) in [6, 6.07) is 5.15. The molecule has 1 fully saturated rings. The number of benzene rings is 1. The van der Waals surface area contributed by atoms with E-state index in [9.17, 15) is 25.5 Å². The molecule has 1 aliphatic rings. The number of phenolic OH excluding ortho intramolecular Hbond substituents is 1. The lowest BCUT2D eigenvalue weighted by atomic mass is 9.88. The molecule has 0 bridgehead atoms. The van der Waals surface area contributed by atoms with Crippen LogP contribution in [0.2, 0.25) is 0 Å². The summed E-state index contributed by atoms with van der Waals surface area (Å²) in [6.45, 7) is -0.634. The molecule has 5 atom stereocenters. The van der Waals surface area contributed by atoms with E-state index < -0.39 is 36.8 Å². The zero-order chi connectivity index (χ0) is 14.2. The van der Waals surface area contributed by atoms with Crippen LogP contribution in [0.5, 0.6) is 5.75 Å². The maximum Gasteiger partial charge on any atom is 0.222 e. The second-order valence-electron chi connectivity index (χ2n) is 4.51. The SMILES string of the molecule is OC[C@H]1O[C@@](O)(c2ccc(O)cc2)[C@H](O)[C@@H](O)[C@@H]1O. The zero-order valence-electron chi connectivity index (χ0n) is 9.92. The Balaban J connectivity index is 2.37. The van der Waals surface area contributed by atoms with Crippen LogP contribution in [0.3, 0.4) is 0 Å². The molecule has 0 unspecified atom stereocenters. The van der Waals surface area contributed by atoms with E-state index in [2.05, 4.69) is 0 Å². The van der Waals surface area contributed by atoms with Gasteiger partial charge in [0.1, 0.15) is 30.2 Å². The van der Waals surface area contributed by atoms with Crippen LogP contribution < -0.4 is 0 Å². The lowest BCUT2D eigenvalue weighted by molar-refractivity contribution is -0.357. The Morgan fingerprint density at radius 2 is 1.63 bits per heavy atom. The summed E-state index contributed by atoms with van der Waals surface area (Å²) >= 11 is 0. The molecule has 0 aliphatic carbocycles. The fraction of sp³-hybridized carbons (Fsp3) is 0.500. The van der Waals surface area contributed by atoms with E-state index in [0.29, 0.717) is 0 Å². The Kier molecular flexibility index (Phi) is 3.77. The van der Waals surface area contributed by atoms with Crippen LogP contribution in [0.1, 0.15) is 5.56 Å². The highest BCUT2D eigenvalue weighted by atomic mass is 16.7. The molecule has 0 aromatic heterocycles. The van der Waals surface area contributed by atoms with Gasteiger partial charge in [-0.15, -0.1) is 0 Å². The summed E-state index contributed by atoms with van der Waals surface area (Å²) in [5, 5.41) is 57.8. The van der Waals surface area contributed by atoms with Crippen molar-refractivity contribution in [3.63, 3.8) is 0 Å². The number of aromatic hydroxyl groups is 1. The van der Waals surface area contributed by atoms with Gasteiger partial charge in [-0.05, 0) is 24.3 Å². The first-order valence-electron chi connectivity index (χ1n) is 5.75. The molecule has 106 valence electrons. The number of ether oxygens (including phenoxy) is 1. The fourth-order valence-corrected chi connectivity index (χ4v) is 2.09. The number of aliphatic hydroxyl groups excluding tert-OH is 4. The van der Waals surface area contributed by atoms with Gasteiger partial charge in [-0.2, -0.15) is 0 Å². The van der Waals surface area contributed by atoms with Crippen LogP contribution >= 0.6 is 0 Å².